The summed E-state index contributed by atoms with van der Waals surface area (Å²) in [6.45, 7) is 0.335. The Morgan fingerprint density at radius 1 is 1.17 bits per heavy atom. The normalized spacial score (nSPS) is 10.7. The fourth-order valence-corrected chi connectivity index (χ4v) is 1.28. The summed E-state index contributed by atoms with van der Waals surface area (Å²) in [6.07, 6.45) is 0.390. The van der Waals surface area contributed by atoms with E-state index in [2.05, 4.69) is 15.5 Å². The van der Waals surface area contributed by atoms with Gasteiger partial charge in [-0.25, -0.2) is 13.2 Å². The summed E-state index contributed by atoms with van der Waals surface area (Å²) in [4.78, 5) is 0. The first kappa shape index (κ1) is 12.4. The molecule has 18 heavy (non-hydrogen) atoms. The molecule has 0 fully saturated rings. The Bertz CT molecular complexity index is 535. The predicted octanol–water partition coefficient (Wildman–Crippen LogP) is 1.73. The number of nitrogens with two attached hydrogens (primary N) is 1. The van der Waals surface area contributed by atoms with Crippen molar-refractivity contribution in [3.63, 3.8) is 0 Å². The first-order valence-electron chi connectivity index (χ1n) is 5.04. The van der Waals surface area contributed by atoms with Gasteiger partial charge in [-0.2, -0.15) is 0 Å². The third-order valence-corrected chi connectivity index (χ3v) is 2.06. The Morgan fingerprint density at radius 2 is 1.83 bits per heavy atom. The first-order valence-corrected chi connectivity index (χ1v) is 5.04. The highest BCUT2D eigenvalue weighted by molar-refractivity contribution is 5.52. The SMILES string of the molecule is NCCc1nnc(Nc2cc(F)c(F)c(F)c2)o1. The molecule has 1 aromatic carbocycles. The van der Waals surface area contributed by atoms with Gasteiger partial charge in [-0.1, -0.05) is 5.10 Å². The maximum Gasteiger partial charge on any atom is 0.320 e. The lowest BCUT2D eigenvalue weighted by Gasteiger charge is -2.02. The lowest BCUT2D eigenvalue weighted by molar-refractivity contribution is 0.447. The van der Waals surface area contributed by atoms with Gasteiger partial charge in [0.2, 0.25) is 5.89 Å². The Labute approximate surface area is 99.8 Å². The highest BCUT2D eigenvalue weighted by Crippen LogP contribution is 2.20. The molecule has 0 spiro atoms. The molecule has 8 heteroatoms. The van der Waals surface area contributed by atoms with Crippen molar-refractivity contribution in [1.29, 1.82) is 0 Å². The molecule has 0 aliphatic heterocycles. The van der Waals surface area contributed by atoms with E-state index in [1.807, 2.05) is 0 Å². The van der Waals surface area contributed by atoms with E-state index in [1.165, 1.54) is 0 Å². The lowest BCUT2D eigenvalue weighted by Crippen LogP contribution is -2.02. The fourth-order valence-electron chi connectivity index (χ4n) is 1.28. The van der Waals surface area contributed by atoms with Crippen LogP contribution in [0.15, 0.2) is 16.5 Å². The summed E-state index contributed by atoms with van der Waals surface area (Å²) in [5.74, 6) is -3.85. The number of rotatable bonds is 4. The second kappa shape index (κ2) is 5.05. The summed E-state index contributed by atoms with van der Waals surface area (Å²) in [6, 6.07) is 1.51. The van der Waals surface area contributed by atoms with Crippen molar-refractivity contribution in [1.82, 2.24) is 10.2 Å². The number of hydrogen-bond donors (Lipinski definition) is 2. The molecule has 3 N–H and O–H groups in total. The van der Waals surface area contributed by atoms with Crippen LogP contribution in [0.2, 0.25) is 0 Å². The van der Waals surface area contributed by atoms with Gasteiger partial charge in [-0.05, 0) is 0 Å². The first-order chi connectivity index (χ1) is 8.60. The summed E-state index contributed by atoms with van der Waals surface area (Å²) in [5.41, 5.74) is 5.26. The van der Waals surface area contributed by atoms with E-state index < -0.39 is 17.5 Å². The van der Waals surface area contributed by atoms with Crippen LogP contribution >= 0.6 is 0 Å². The topological polar surface area (TPSA) is 77.0 Å². The fraction of sp³-hybridized carbons (Fsp3) is 0.200. The van der Waals surface area contributed by atoms with Gasteiger partial charge in [-0.3, -0.25) is 0 Å². The third-order valence-electron chi connectivity index (χ3n) is 2.06. The maximum atomic E-state index is 12.9. The second-order valence-corrected chi connectivity index (χ2v) is 3.42. The van der Waals surface area contributed by atoms with Crippen molar-refractivity contribution in [3.8, 4) is 0 Å². The van der Waals surface area contributed by atoms with Gasteiger partial charge in [0.25, 0.3) is 0 Å². The van der Waals surface area contributed by atoms with Crippen LogP contribution in [0.3, 0.4) is 0 Å². The summed E-state index contributed by atoms with van der Waals surface area (Å²) < 4.78 is 43.7. The monoisotopic (exact) mass is 258 g/mol. The molecule has 0 amide bonds. The zero-order chi connectivity index (χ0) is 13.1. The summed E-state index contributed by atoms with van der Waals surface area (Å²) in [7, 11) is 0. The highest BCUT2D eigenvalue weighted by atomic mass is 19.2. The molecule has 0 bridgehead atoms. The van der Waals surface area contributed by atoms with Crippen molar-refractivity contribution < 1.29 is 17.6 Å². The third kappa shape index (κ3) is 2.59. The van der Waals surface area contributed by atoms with E-state index in [0.717, 1.165) is 12.1 Å². The molecule has 1 heterocycles. The van der Waals surface area contributed by atoms with Gasteiger partial charge in [0.1, 0.15) is 0 Å². The number of anilines is 2. The van der Waals surface area contributed by atoms with Crippen molar-refractivity contribution in [3.05, 3.63) is 35.5 Å². The highest BCUT2D eigenvalue weighted by Gasteiger charge is 2.12. The minimum Gasteiger partial charge on any atom is -0.408 e. The second-order valence-electron chi connectivity index (χ2n) is 3.42. The average Bonchev–Trinajstić information content (AvgIpc) is 2.74. The molecule has 1 aromatic heterocycles. The number of halogens is 3. The van der Waals surface area contributed by atoms with Crippen molar-refractivity contribution >= 4 is 11.7 Å². The van der Waals surface area contributed by atoms with Gasteiger partial charge in [0.15, 0.2) is 17.5 Å². The molecule has 5 nitrogen and oxygen atoms in total. The predicted molar refractivity (Wildman–Crippen MR) is 56.7 cm³/mol. The molecular formula is C10H9F3N4O. The molecule has 2 rings (SSSR count). The van der Waals surface area contributed by atoms with Gasteiger partial charge in [-0.15, -0.1) is 5.10 Å². The summed E-state index contributed by atoms with van der Waals surface area (Å²) >= 11 is 0. The van der Waals surface area contributed by atoms with E-state index in [0.29, 0.717) is 18.9 Å². The molecule has 0 saturated carbocycles. The molecule has 0 radical (unpaired) electrons. The molecule has 0 saturated heterocycles. The Balaban J connectivity index is 2.17. The molecule has 0 aliphatic carbocycles. The Morgan fingerprint density at radius 3 is 2.44 bits per heavy atom. The zero-order valence-electron chi connectivity index (χ0n) is 9.08. The van der Waals surface area contributed by atoms with Crippen LogP contribution < -0.4 is 11.1 Å². The Kier molecular flexibility index (Phi) is 3.47. The average molecular weight is 258 g/mol. The van der Waals surface area contributed by atoms with E-state index in [9.17, 15) is 13.2 Å². The lowest BCUT2D eigenvalue weighted by atomic mass is 10.3. The van der Waals surface area contributed by atoms with Crippen LogP contribution in [0.1, 0.15) is 5.89 Å². The molecule has 2 aromatic rings. The molecule has 96 valence electrons. The number of aromatic nitrogens is 2. The molecule has 0 unspecified atom stereocenters. The number of nitrogens with zero attached hydrogens (tertiary/aromatic N) is 2. The summed E-state index contributed by atoms with van der Waals surface area (Å²) in [5, 5.41) is 9.70. The molecular weight excluding hydrogens is 249 g/mol. The van der Waals surface area contributed by atoms with Gasteiger partial charge >= 0.3 is 6.01 Å². The molecule has 0 aliphatic rings. The van der Waals surface area contributed by atoms with Crippen LogP contribution in [0.4, 0.5) is 24.9 Å². The van der Waals surface area contributed by atoms with Crippen molar-refractivity contribution in [2.24, 2.45) is 5.73 Å². The van der Waals surface area contributed by atoms with E-state index in [1.54, 1.807) is 0 Å². The quantitative estimate of drug-likeness (QED) is 0.817. The van der Waals surface area contributed by atoms with E-state index in [4.69, 9.17) is 10.2 Å². The van der Waals surface area contributed by atoms with Crippen LogP contribution in [0, 0.1) is 17.5 Å². The van der Waals surface area contributed by atoms with Gasteiger partial charge < -0.3 is 15.5 Å². The van der Waals surface area contributed by atoms with Gasteiger partial charge in [0, 0.05) is 30.8 Å². The minimum absolute atomic E-state index is 0.0330. The van der Waals surface area contributed by atoms with Crippen LogP contribution in [0.5, 0.6) is 0 Å². The minimum atomic E-state index is -1.53. The van der Waals surface area contributed by atoms with Crippen molar-refractivity contribution in [2.45, 2.75) is 6.42 Å². The largest absolute Gasteiger partial charge is 0.408 e. The zero-order valence-corrected chi connectivity index (χ0v) is 9.08. The smallest absolute Gasteiger partial charge is 0.320 e. The van der Waals surface area contributed by atoms with Crippen molar-refractivity contribution in [2.75, 3.05) is 11.9 Å². The van der Waals surface area contributed by atoms with E-state index >= 15 is 0 Å². The van der Waals surface area contributed by atoms with E-state index in [-0.39, 0.29) is 11.7 Å². The number of hydrogen-bond acceptors (Lipinski definition) is 5. The maximum absolute atomic E-state index is 12.9. The van der Waals surface area contributed by atoms with Crippen LogP contribution in [-0.4, -0.2) is 16.7 Å². The van der Waals surface area contributed by atoms with Crippen LogP contribution in [0.25, 0.3) is 0 Å². The number of nitrogens with one attached hydrogen (secondary N) is 1. The van der Waals surface area contributed by atoms with Crippen LogP contribution in [-0.2, 0) is 6.42 Å². The van der Waals surface area contributed by atoms with Gasteiger partial charge in [0.05, 0.1) is 0 Å². The molecule has 0 atom stereocenters. The number of benzene rings is 1. The Hall–Kier alpha value is -2.09. The standard InChI is InChI=1S/C10H9F3N4O/c11-6-3-5(4-7(12)9(6)13)15-10-17-16-8(18-10)1-2-14/h3-4H,1-2,14H2,(H,15,17).